The Bertz CT molecular complexity index is 450. The molecule has 3 nitrogen and oxygen atoms in total. The zero-order valence-electron chi connectivity index (χ0n) is 13.3. The number of aliphatic hydroxyl groups excluding tert-OH is 1. The maximum Gasteiger partial charge on any atom is 0.0939 e. The molecule has 3 heteroatoms. The summed E-state index contributed by atoms with van der Waals surface area (Å²) in [6.45, 7) is 11.2. The molecule has 0 atom stereocenters. The predicted octanol–water partition coefficient (Wildman–Crippen LogP) is 3.44. The van der Waals surface area contributed by atoms with Gasteiger partial charge in [0.15, 0.2) is 0 Å². The van der Waals surface area contributed by atoms with Gasteiger partial charge in [-0.05, 0) is 58.6 Å². The molecule has 0 aromatic heterocycles. The minimum absolute atomic E-state index is 0.163. The number of aryl methyl sites for hydroxylation is 1. The highest BCUT2D eigenvalue weighted by Crippen LogP contribution is 2.38. The lowest BCUT2D eigenvalue weighted by molar-refractivity contribution is -0.298. The van der Waals surface area contributed by atoms with Gasteiger partial charge < -0.3 is 5.11 Å². The number of aliphatic hydroxyl groups is 1. The highest BCUT2D eigenvalue weighted by atomic mass is 16.7. The summed E-state index contributed by atoms with van der Waals surface area (Å²) in [5, 5.41) is 12.1. The minimum atomic E-state index is -0.252. The molecule has 1 aromatic carbocycles. The van der Waals surface area contributed by atoms with Crippen LogP contribution >= 0.6 is 0 Å². The van der Waals surface area contributed by atoms with Crippen molar-refractivity contribution in [1.82, 2.24) is 5.06 Å². The van der Waals surface area contributed by atoms with Gasteiger partial charge in [-0.25, -0.2) is 0 Å². The fraction of sp³-hybridized carbons (Fsp3) is 0.647. The Morgan fingerprint density at radius 3 is 2.25 bits per heavy atom. The van der Waals surface area contributed by atoms with Crippen molar-refractivity contribution in [1.29, 1.82) is 0 Å². The first kappa shape index (κ1) is 15.5. The lowest BCUT2D eigenvalue weighted by atomic mass is 9.80. The lowest BCUT2D eigenvalue weighted by Crippen LogP contribution is -2.61. The number of hydrogen-bond acceptors (Lipinski definition) is 3. The van der Waals surface area contributed by atoms with Gasteiger partial charge in [-0.15, -0.1) is 0 Å². The first-order chi connectivity index (χ1) is 9.22. The Kier molecular flexibility index (Phi) is 4.24. The molecule has 0 unspecified atom stereocenters. The first-order valence-electron chi connectivity index (χ1n) is 7.38. The van der Waals surface area contributed by atoms with E-state index in [0.717, 1.165) is 12.8 Å². The summed E-state index contributed by atoms with van der Waals surface area (Å²) in [7, 11) is 0. The zero-order valence-corrected chi connectivity index (χ0v) is 13.3. The molecule has 1 heterocycles. The Morgan fingerprint density at radius 1 is 1.15 bits per heavy atom. The molecule has 2 rings (SSSR count). The lowest BCUT2D eigenvalue weighted by Gasteiger charge is -2.52. The van der Waals surface area contributed by atoms with Crippen LogP contribution < -0.4 is 0 Å². The monoisotopic (exact) mass is 277 g/mol. The van der Waals surface area contributed by atoms with Gasteiger partial charge in [-0.1, -0.05) is 24.3 Å². The maximum atomic E-state index is 10.0. The molecule has 0 spiro atoms. The molecule has 0 aliphatic carbocycles. The number of nitrogens with zero attached hydrogens (tertiary/aromatic N) is 1. The largest absolute Gasteiger partial charge is 0.393 e. The van der Waals surface area contributed by atoms with Gasteiger partial charge in [0.1, 0.15) is 0 Å². The third kappa shape index (κ3) is 3.22. The van der Waals surface area contributed by atoms with Gasteiger partial charge in [0.05, 0.1) is 12.7 Å². The smallest absolute Gasteiger partial charge is 0.0939 e. The van der Waals surface area contributed by atoms with Crippen LogP contribution in [0.25, 0.3) is 0 Å². The number of benzene rings is 1. The van der Waals surface area contributed by atoms with E-state index in [1.165, 1.54) is 11.1 Å². The van der Waals surface area contributed by atoms with E-state index in [2.05, 4.69) is 51.8 Å². The fourth-order valence-corrected chi connectivity index (χ4v) is 3.47. The predicted molar refractivity (Wildman–Crippen MR) is 81.2 cm³/mol. The number of hydroxylamine groups is 2. The molecule has 1 aromatic rings. The molecule has 0 radical (unpaired) electrons. The molecule has 1 aliphatic heterocycles. The van der Waals surface area contributed by atoms with Crippen LogP contribution in [0.4, 0.5) is 0 Å². The van der Waals surface area contributed by atoms with E-state index in [9.17, 15) is 5.11 Å². The molecule has 20 heavy (non-hydrogen) atoms. The molecule has 1 saturated heterocycles. The molecule has 1 fully saturated rings. The van der Waals surface area contributed by atoms with Gasteiger partial charge >= 0.3 is 0 Å². The molecule has 0 amide bonds. The SMILES string of the molecule is Cc1ccccc1CON1C(C)(C)CC(O)CC1(C)C. The summed E-state index contributed by atoms with van der Waals surface area (Å²) in [4.78, 5) is 6.15. The van der Waals surface area contributed by atoms with E-state index in [0.29, 0.717) is 6.61 Å². The zero-order chi connectivity index (χ0) is 15.0. The molecule has 112 valence electrons. The highest BCUT2D eigenvalue weighted by molar-refractivity contribution is 5.24. The second-order valence-corrected chi connectivity index (χ2v) is 7.18. The van der Waals surface area contributed by atoms with Crippen LogP contribution in [0.15, 0.2) is 24.3 Å². The number of hydrogen-bond donors (Lipinski definition) is 1. The van der Waals surface area contributed by atoms with Crippen molar-refractivity contribution in [2.24, 2.45) is 0 Å². The molecule has 1 aliphatic rings. The van der Waals surface area contributed by atoms with Crippen molar-refractivity contribution in [3.8, 4) is 0 Å². The average molecular weight is 277 g/mol. The Morgan fingerprint density at radius 2 is 1.70 bits per heavy atom. The summed E-state index contributed by atoms with van der Waals surface area (Å²) in [6.07, 6.45) is 1.23. The minimum Gasteiger partial charge on any atom is -0.393 e. The van der Waals surface area contributed by atoms with Crippen LogP contribution in [-0.2, 0) is 11.4 Å². The summed E-state index contributed by atoms with van der Waals surface area (Å²) in [5.41, 5.74) is 2.14. The second kappa shape index (κ2) is 5.47. The van der Waals surface area contributed by atoms with E-state index in [1.54, 1.807) is 0 Å². The van der Waals surface area contributed by atoms with E-state index in [-0.39, 0.29) is 17.2 Å². The van der Waals surface area contributed by atoms with Crippen LogP contribution in [-0.4, -0.2) is 27.4 Å². The number of rotatable bonds is 3. The average Bonchev–Trinajstić information content (AvgIpc) is 2.27. The molecule has 0 bridgehead atoms. The molecule has 1 N–H and O–H groups in total. The second-order valence-electron chi connectivity index (χ2n) is 7.18. The van der Waals surface area contributed by atoms with Crippen LogP contribution in [0.2, 0.25) is 0 Å². The topological polar surface area (TPSA) is 32.7 Å². The van der Waals surface area contributed by atoms with Crippen molar-refractivity contribution < 1.29 is 9.94 Å². The van der Waals surface area contributed by atoms with Crippen LogP contribution in [0.1, 0.15) is 51.7 Å². The third-order valence-electron chi connectivity index (χ3n) is 4.18. The third-order valence-corrected chi connectivity index (χ3v) is 4.18. The Labute approximate surface area is 122 Å². The Balaban J connectivity index is 2.12. The van der Waals surface area contributed by atoms with Gasteiger partial charge in [-0.2, -0.15) is 5.06 Å². The fourth-order valence-electron chi connectivity index (χ4n) is 3.47. The van der Waals surface area contributed by atoms with E-state index < -0.39 is 0 Å². The van der Waals surface area contributed by atoms with Gasteiger partial charge in [0.2, 0.25) is 0 Å². The summed E-state index contributed by atoms with van der Waals surface area (Å²) in [6, 6.07) is 8.30. The first-order valence-corrected chi connectivity index (χ1v) is 7.38. The van der Waals surface area contributed by atoms with E-state index in [4.69, 9.17) is 4.84 Å². The summed E-state index contributed by atoms with van der Waals surface area (Å²) in [5.74, 6) is 0. The van der Waals surface area contributed by atoms with E-state index >= 15 is 0 Å². The quantitative estimate of drug-likeness (QED) is 0.918. The van der Waals surface area contributed by atoms with Crippen molar-refractivity contribution in [2.75, 3.05) is 0 Å². The Hall–Kier alpha value is -0.900. The summed E-state index contributed by atoms with van der Waals surface area (Å²) < 4.78 is 0. The summed E-state index contributed by atoms with van der Waals surface area (Å²) >= 11 is 0. The van der Waals surface area contributed by atoms with Gasteiger partial charge in [-0.3, -0.25) is 4.84 Å². The molecular weight excluding hydrogens is 250 g/mol. The van der Waals surface area contributed by atoms with Crippen LogP contribution in [0.3, 0.4) is 0 Å². The number of piperidine rings is 1. The van der Waals surface area contributed by atoms with Crippen LogP contribution in [0, 0.1) is 6.92 Å². The molecular formula is C17H27NO2. The van der Waals surface area contributed by atoms with Gasteiger partial charge in [0, 0.05) is 11.1 Å². The maximum absolute atomic E-state index is 10.0. The standard InChI is InChI=1S/C17H27NO2/c1-13-8-6-7-9-14(13)12-20-18-16(2,3)10-15(19)11-17(18,4)5/h6-9,15,19H,10-12H2,1-5H3. The van der Waals surface area contributed by atoms with Crippen molar-refractivity contribution in [2.45, 2.75) is 71.2 Å². The van der Waals surface area contributed by atoms with Crippen molar-refractivity contribution >= 4 is 0 Å². The van der Waals surface area contributed by atoms with Gasteiger partial charge in [0.25, 0.3) is 0 Å². The highest BCUT2D eigenvalue weighted by Gasteiger charge is 2.46. The van der Waals surface area contributed by atoms with E-state index in [1.807, 2.05) is 12.1 Å². The molecule has 0 saturated carbocycles. The van der Waals surface area contributed by atoms with Crippen LogP contribution in [0.5, 0.6) is 0 Å². The van der Waals surface area contributed by atoms with Crippen molar-refractivity contribution in [3.05, 3.63) is 35.4 Å². The normalized spacial score (nSPS) is 22.9. The van der Waals surface area contributed by atoms with Crippen molar-refractivity contribution in [3.63, 3.8) is 0 Å².